The second kappa shape index (κ2) is 10.3. The molecular formula is C21H27N5O3S. The van der Waals surface area contributed by atoms with E-state index in [1.807, 2.05) is 24.3 Å². The lowest BCUT2D eigenvalue weighted by molar-refractivity contribution is -0.129. The van der Waals surface area contributed by atoms with Gasteiger partial charge in [-0.15, -0.1) is 6.42 Å². The Hall–Kier alpha value is -2.83. The van der Waals surface area contributed by atoms with Gasteiger partial charge in [-0.25, -0.2) is 0 Å². The van der Waals surface area contributed by atoms with Crippen LogP contribution >= 0.6 is 12.2 Å². The van der Waals surface area contributed by atoms with Crippen LogP contribution in [0.2, 0.25) is 0 Å². The number of hydrogen-bond acceptors (Lipinski definition) is 5. The first-order valence-electron chi connectivity index (χ1n) is 9.95. The van der Waals surface area contributed by atoms with Crippen LogP contribution in [0.4, 0.5) is 5.69 Å². The third kappa shape index (κ3) is 5.62. The molecule has 160 valence electrons. The van der Waals surface area contributed by atoms with Crippen LogP contribution in [0.5, 0.6) is 5.75 Å². The third-order valence-electron chi connectivity index (χ3n) is 5.40. The SMILES string of the molecule is C#CCNC(=O)CC[C@@H]1CNC(=O)[C@@H]2C[C@@H](NC(=S)Nc3ccc(OC)cc3)CN12. The van der Waals surface area contributed by atoms with Crippen LogP contribution in [0.3, 0.4) is 0 Å². The van der Waals surface area contributed by atoms with Crippen molar-refractivity contribution in [1.82, 2.24) is 20.9 Å². The number of rotatable bonds is 7. The summed E-state index contributed by atoms with van der Waals surface area (Å²) in [5.74, 6) is 3.13. The second-order valence-corrected chi connectivity index (χ2v) is 7.80. The molecule has 30 heavy (non-hydrogen) atoms. The van der Waals surface area contributed by atoms with Gasteiger partial charge in [0.25, 0.3) is 0 Å². The Morgan fingerprint density at radius 1 is 1.40 bits per heavy atom. The number of piperazine rings is 1. The van der Waals surface area contributed by atoms with Gasteiger partial charge in [0.15, 0.2) is 5.11 Å². The van der Waals surface area contributed by atoms with E-state index in [0.29, 0.717) is 37.5 Å². The highest BCUT2D eigenvalue weighted by molar-refractivity contribution is 7.80. The maximum Gasteiger partial charge on any atom is 0.237 e. The molecule has 0 radical (unpaired) electrons. The molecular weight excluding hydrogens is 402 g/mol. The number of anilines is 1. The zero-order valence-corrected chi connectivity index (χ0v) is 17.8. The Morgan fingerprint density at radius 3 is 2.87 bits per heavy atom. The van der Waals surface area contributed by atoms with E-state index >= 15 is 0 Å². The largest absolute Gasteiger partial charge is 0.497 e. The summed E-state index contributed by atoms with van der Waals surface area (Å²) in [5.41, 5.74) is 0.859. The van der Waals surface area contributed by atoms with Gasteiger partial charge >= 0.3 is 0 Å². The summed E-state index contributed by atoms with van der Waals surface area (Å²) in [6, 6.07) is 7.44. The van der Waals surface area contributed by atoms with Gasteiger partial charge in [0, 0.05) is 37.3 Å². The molecule has 2 aliphatic heterocycles. The van der Waals surface area contributed by atoms with Crippen LogP contribution in [-0.4, -0.2) is 66.7 Å². The molecule has 0 unspecified atom stereocenters. The van der Waals surface area contributed by atoms with Crippen molar-refractivity contribution in [2.24, 2.45) is 0 Å². The maximum absolute atomic E-state index is 12.3. The number of hydrogen-bond donors (Lipinski definition) is 4. The summed E-state index contributed by atoms with van der Waals surface area (Å²) in [6.45, 7) is 1.47. The van der Waals surface area contributed by atoms with Crippen molar-refractivity contribution in [2.45, 2.75) is 37.4 Å². The molecule has 0 spiro atoms. The van der Waals surface area contributed by atoms with Crippen molar-refractivity contribution < 1.29 is 14.3 Å². The van der Waals surface area contributed by atoms with E-state index in [1.54, 1.807) is 7.11 Å². The van der Waals surface area contributed by atoms with Gasteiger partial charge in [0.1, 0.15) is 5.75 Å². The lowest BCUT2D eigenvalue weighted by Gasteiger charge is -2.37. The fraction of sp³-hybridized carbons (Fsp3) is 0.476. The third-order valence-corrected chi connectivity index (χ3v) is 5.62. The van der Waals surface area contributed by atoms with E-state index in [2.05, 4.69) is 32.1 Å². The average Bonchev–Trinajstić information content (AvgIpc) is 3.16. The molecule has 2 heterocycles. The number of benzene rings is 1. The highest BCUT2D eigenvalue weighted by atomic mass is 32.1. The van der Waals surface area contributed by atoms with Gasteiger partial charge in [-0.2, -0.15) is 0 Å². The predicted molar refractivity (Wildman–Crippen MR) is 119 cm³/mol. The Labute approximate surface area is 182 Å². The van der Waals surface area contributed by atoms with Crippen molar-refractivity contribution in [1.29, 1.82) is 0 Å². The lowest BCUT2D eigenvalue weighted by Crippen LogP contribution is -2.58. The topological polar surface area (TPSA) is 94.7 Å². The Kier molecular flexibility index (Phi) is 7.49. The normalized spacial score (nSPS) is 22.9. The highest BCUT2D eigenvalue weighted by Crippen LogP contribution is 2.26. The van der Waals surface area contributed by atoms with Gasteiger partial charge in [-0.05, 0) is 49.3 Å². The maximum atomic E-state index is 12.3. The first-order chi connectivity index (χ1) is 14.5. The van der Waals surface area contributed by atoms with Crippen molar-refractivity contribution in [3.8, 4) is 18.1 Å². The first kappa shape index (κ1) is 21.9. The fourth-order valence-corrected chi connectivity index (χ4v) is 4.20. The molecule has 0 saturated carbocycles. The van der Waals surface area contributed by atoms with Crippen LogP contribution in [0.25, 0.3) is 0 Å². The monoisotopic (exact) mass is 429 g/mol. The number of thiocarbonyl (C=S) groups is 1. The molecule has 2 amide bonds. The van der Waals surface area contributed by atoms with Gasteiger partial charge in [-0.3, -0.25) is 14.5 Å². The quantitative estimate of drug-likeness (QED) is 0.369. The molecule has 9 heteroatoms. The smallest absolute Gasteiger partial charge is 0.237 e. The molecule has 1 aromatic rings. The van der Waals surface area contributed by atoms with Crippen molar-refractivity contribution in [3.05, 3.63) is 24.3 Å². The van der Waals surface area contributed by atoms with E-state index in [0.717, 1.165) is 11.4 Å². The predicted octanol–water partition coefficient (Wildman–Crippen LogP) is 0.453. The Morgan fingerprint density at radius 2 is 2.17 bits per heavy atom. The Bertz CT molecular complexity index is 823. The fourth-order valence-electron chi connectivity index (χ4n) is 3.91. The minimum Gasteiger partial charge on any atom is -0.497 e. The van der Waals surface area contributed by atoms with Gasteiger partial charge in [-0.1, -0.05) is 5.92 Å². The van der Waals surface area contributed by atoms with E-state index in [-0.39, 0.29) is 36.5 Å². The summed E-state index contributed by atoms with van der Waals surface area (Å²) in [5, 5.41) is 12.6. The molecule has 0 bridgehead atoms. The molecule has 2 fully saturated rings. The summed E-state index contributed by atoms with van der Waals surface area (Å²) >= 11 is 5.44. The van der Waals surface area contributed by atoms with Crippen LogP contribution < -0.4 is 26.0 Å². The number of ether oxygens (including phenoxy) is 1. The molecule has 1 aromatic carbocycles. The number of carbonyl (C=O) groups excluding carboxylic acids is 2. The van der Waals surface area contributed by atoms with E-state index in [1.165, 1.54) is 0 Å². The summed E-state index contributed by atoms with van der Waals surface area (Å²) in [7, 11) is 1.62. The molecule has 2 saturated heterocycles. The number of terminal acetylenes is 1. The van der Waals surface area contributed by atoms with Crippen molar-refractivity contribution in [2.75, 3.05) is 32.1 Å². The van der Waals surface area contributed by atoms with Crippen LogP contribution in [0.15, 0.2) is 24.3 Å². The summed E-state index contributed by atoms with van der Waals surface area (Å²) in [6.07, 6.45) is 6.87. The van der Waals surface area contributed by atoms with Crippen LogP contribution in [-0.2, 0) is 9.59 Å². The van der Waals surface area contributed by atoms with Crippen LogP contribution in [0.1, 0.15) is 19.3 Å². The number of fused-ring (bicyclic) bond motifs is 1. The molecule has 0 aliphatic carbocycles. The minimum absolute atomic E-state index is 0.0290. The molecule has 3 rings (SSSR count). The zero-order valence-electron chi connectivity index (χ0n) is 16.9. The molecule has 2 aliphatic rings. The lowest BCUT2D eigenvalue weighted by atomic mass is 10.0. The molecule has 0 aromatic heterocycles. The molecule has 4 N–H and O–H groups in total. The van der Waals surface area contributed by atoms with Gasteiger partial charge in [0.2, 0.25) is 11.8 Å². The Balaban J connectivity index is 1.52. The van der Waals surface area contributed by atoms with Crippen molar-refractivity contribution in [3.63, 3.8) is 0 Å². The second-order valence-electron chi connectivity index (χ2n) is 7.39. The van der Waals surface area contributed by atoms with E-state index in [9.17, 15) is 9.59 Å². The number of amides is 2. The highest BCUT2D eigenvalue weighted by Gasteiger charge is 2.43. The number of nitrogens with zero attached hydrogens (tertiary/aromatic N) is 1. The first-order valence-corrected chi connectivity index (χ1v) is 10.4. The summed E-state index contributed by atoms with van der Waals surface area (Å²) < 4.78 is 5.16. The number of carbonyl (C=O) groups is 2. The van der Waals surface area contributed by atoms with E-state index < -0.39 is 0 Å². The standard InChI is InChI=1S/C21H27N5O3S/c1-3-10-22-19(27)9-6-16-12-23-20(28)18-11-15(13-26(16)18)25-21(30)24-14-4-7-17(29-2)8-5-14/h1,4-5,7-8,15-16,18H,6,9-13H2,2H3,(H,22,27)(H,23,28)(H2,24,25,30)/t15-,16-,18+/m1/s1. The molecule has 3 atom stereocenters. The zero-order chi connectivity index (χ0) is 21.5. The molecule has 8 nitrogen and oxygen atoms in total. The minimum atomic E-state index is -0.209. The van der Waals surface area contributed by atoms with Crippen molar-refractivity contribution >= 4 is 34.8 Å². The van der Waals surface area contributed by atoms with Crippen LogP contribution in [0, 0.1) is 12.3 Å². The van der Waals surface area contributed by atoms with Gasteiger partial charge < -0.3 is 26.0 Å². The average molecular weight is 430 g/mol. The number of methoxy groups -OCH3 is 1. The van der Waals surface area contributed by atoms with Gasteiger partial charge in [0.05, 0.1) is 19.7 Å². The van der Waals surface area contributed by atoms with E-state index in [4.69, 9.17) is 23.4 Å². The number of nitrogens with one attached hydrogen (secondary N) is 4. The summed E-state index contributed by atoms with van der Waals surface area (Å²) in [4.78, 5) is 26.4.